The van der Waals surface area contributed by atoms with Gasteiger partial charge in [-0.05, 0) is 31.4 Å². The highest BCUT2D eigenvalue weighted by Gasteiger charge is 2.26. The van der Waals surface area contributed by atoms with Crippen LogP contribution in [-0.4, -0.2) is 73.6 Å². The fourth-order valence-corrected chi connectivity index (χ4v) is 4.31. The molecule has 0 spiro atoms. The highest BCUT2D eigenvalue weighted by Crippen LogP contribution is 2.27. The van der Waals surface area contributed by atoms with Gasteiger partial charge in [0.1, 0.15) is 11.9 Å². The number of aliphatic imine (C=N–C) groups is 1. The molecule has 2 fully saturated rings. The van der Waals surface area contributed by atoms with Gasteiger partial charge in [0.25, 0.3) is 0 Å². The van der Waals surface area contributed by atoms with Gasteiger partial charge in [0.15, 0.2) is 5.96 Å². The number of anilines is 1. The second-order valence-corrected chi connectivity index (χ2v) is 8.25. The molecule has 0 bridgehead atoms. The smallest absolute Gasteiger partial charge is 0.194 e. The fraction of sp³-hybridized carbons (Fsp3) is 0.565. The number of morpholine rings is 1. The molecule has 2 atom stereocenters. The third-order valence-corrected chi connectivity index (χ3v) is 6.00. The number of rotatable bonds is 6. The van der Waals surface area contributed by atoms with Gasteiger partial charge in [0, 0.05) is 63.3 Å². The number of ether oxygens (including phenoxy) is 2. The van der Waals surface area contributed by atoms with Crippen LogP contribution in [0.25, 0.3) is 0 Å². The maximum Gasteiger partial charge on any atom is 0.194 e. The SMILES string of the molecule is CCNC(=NCC1CCN(c2cccc(OC)c2)C1)N1CCOC(c2cnn(C)c2)C1.I. The van der Waals surface area contributed by atoms with Crippen LogP contribution in [0.4, 0.5) is 5.69 Å². The number of aromatic nitrogens is 2. The number of halogens is 1. The molecule has 1 aromatic heterocycles. The van der Waals surface area contributed by atoms with Crippen molar-refractivity contribution in [2.75, 3.05) is 57.9 Å². The molecule has 0 aliphatic carbocycles. The van der Waals surface area contributed by atoms with Crippen LogP contribution in [0.5, 0.6) is 5.75 Å². The Labute approximate surface area is 208 Å². The molecule has 1 N–H and O–H groups in total. The number of aryl methyl sites for hydroxylation is 1. The molecule has 0 amide bonds. The number of guanidine groups is 1. The van der Waals surface area contributed by atoms with Crippen LogP contribution < -0.4 is 15.0 Å². The van der Waals surface area contributed by atoms with Crippen LogP contribution in [0.1, 0.15) is 25.0 Å². The topological polar surface area (TPSA) is 67.2 Å². The van der Waals surface area contributed by atoms with E-state index in [4.69, 9.17) is 14.5 Å². The Balaban J connectivity index is 0.00000289. The quantitative estimate of drug-likeness (QED) is 0.337. The van der Waals surface area contributed by atoms with E-state index >= 15 is 0 Å². The van der Waals surface area contributed by atoms with E-state index in [0.717, 1.165) is 63.0 Å². The largest absolute Gasteiger partial charge is 0.497 e. The molecule has 8 nitrogen and oxygen atoms in total. The van der Waals surface area contributed by atoms with Gasteiger partial charge in [-0.2, -0.15) is 5.10 Å². The Hall–Kier alpha value is -2.01. The van der Waals surface area contributed by atoms with Crippen LogP contribution in [0.2, 0.25) is 0 Å². The van der Waals surface area contributed by atoms with E-state index < -0.39 is 0 Å². The Morgan fingerprint density at radius 3 is 2.94 bits per heavy atom. The minimum Gasteiger partial charge on any atom is -0.497 e. The molecule has 3 heterocycles. The van der Waals surface area contributed by atoms with Crippen molar-refractivity contribution < 1.29 is 9.47 Å². The van der Waals surface area contributed by atoms with Gasteiger partial charge >= 0.3 is 0 Å². The number of hydrogen-bond acceptors (Lipinski definition) is 5. The van der Waals surface area contributed by atoms with Crippen molar-refractivity contribution in [2.24, 2.45) is 18.0 Å². The molecule has 32 heavy (non-hydrogen) atoms. The van der Waals surface area contributed by atoms with Crippen molar-refractivity contribution in [3.05, 3.63) is 42.2 Å². The normalized spacial score (nSPS) is 21.4. The molecule has 0 saturated carbocycles. The lowest BCUT2D eigenvalue weighted by atomic mass is 10.1. The van der Waals surface area contributed by atoms with Crippen LogP contribution >= 0.6 is 24.0 Å². The Kier molecular flexibility index (Phi) is 9.03. The van der Waals surface area contributed by atoms with Gasteiger partial charge in [-0.25, -0.2) is 0 Å². The van der Waals surface area contributed by atoms with Gasteiger partial charge in [-0.1, -0.05) is 6.07 Å². The van der Waals surface area contributed by atoms with Gasteiger partial charge < -0.3 is 24.6 Å². The third kappa shape index (κ3) is 6.06. The minimum absolute atomic E-state index is 0. The number of nitrogens with one attached hydrogen (secondary N) is 1. The molecule has 176 valence electrons. The van der Waals surface area contributed by atoms with Crippen molar-refractivity contribution >= 4 is 35.6 Å². The molecule has 2 aliphatic heterocycles. The molecule has 2 saturated heterocycles. The summed E-state index contributed by atoms with van der Waals surface area (Å²) in [6.45, 7) is 8.22. The summed E-state index contributed by atoms with van der Waals surface area (Å²) >= 11 is 0. The maximum atomic E-state index is 6.00. The van der Waals surface area contributed by atoms with Crippen LogP contribution in [0.3, 0.4) is 0 Å². The number of methoxy groups -OCH3 is 1. The van der Waals surface area contributed by atoms with E-state index in [9.17, 15) is 0 Å². The number of nitrogens with zero attached hydrogens (tertiary/aromatic N) is 5. The van der Waals surface area contributed by atoms with E-state index in [1.54, 1.807) is 7.11 Å². The molecular formula is C23H35IN6O2. The highest BCUT2D eigenvalue weighted by atomic mass is 127. The lowest BCUT2D eigenvalue weighted by Gasteiger charge is -2.35. The molecule has 1 aromatic carbocycles. The van der Waals surface area contributed by atoms with Gasteiger partial charge in [-0.3, -0.25) is 9.67 Å². The summed E-state index contributed by atoms with van der Waals surface area (Å²) in [5.74, 6) is 2.44. The zero-order valence-corrected chi connectivity index (χ0v) is 21.6. The Morgan fingerprint density at radius 2 is 2.19 bits per heavy atom. The monoisotopic (exact) mass is 554 g/mol. The van der Waals surface area contributed by atoms with E-state index in [1.807, 2.05) is 30.2 Å². The minimum atomic E-state index is 0. The van der Waals surface area contributed by atoms with E-state index in [0.29, 0.717) is 12.5 Å². The van der Waals surface area contributed by atoms with Crippen LogP contribution in [0, 0.1) is 5.92 Å². The van der Waals surface area contributed by atoms with Crippen molar-refractivity contribution in [1.82, 2.24) is 20.0 Å². The second-order valence-electron chi connectivity index (χ2n) is 8.25. The van der Waals surface area contributed by atoms with Gasteiger partial charge in [0.2, 0.25) is 0 Å². The summed E-state index contributed by atoms with van der Waals surface area (Å²) in [5, 5.41) is 7.77. The fourth-order valence-electron chi connectivity index (χ4n) is 4.31. The Bertz CT molecular complexity index is 889. The zero-order valence-electron chi connectivity index (χ0n) is 19.2. The molecule has 9 heteroatoms. The highest BCUT2D eigenvalue weighted by molar-refractivity contribution is 14.0. The summed E-state index contributed by atoms with van der Waals surface area (Å²) < 4.78 is 13.2. The lowest BCUT2D eigenvalue weighted by Crippen LogP contribution is -2.48. The second kappa shape index (κ2) is 11.7. The van der Waals surface area contributed by atoms with E-state index in [1.165, 1.54) is 5.69 Å². The summed E-state index contributed by atoms with van der Waals surface area (Å²) in [6.07, 6.45) is 5.11. The van der Waals surface area contributed by atoms with E-state index in [2.05, 4.69) is 45.3 Å². The van der Waals surface area contributed by atoms with E-state index in [-0.39, 0.29) is 30.1 Å². The van der Waals surface area contributed by atoms with Crippen molar-refractivity contribution in [3.63, 3.8) is 0 Å². The third-order valence-electron chi connectivity index (χ3n) is 6.00. The first-order valence-electron chi connectivity index (χ1n) is 11.2. The average molecular weight is 554 g/mol. The predicted molar refractivity (Wildman–Crippen MR) is 138 cm³/mol. The summed E-state index contributed by atoms with van der Waals surface area (Å²) in [6, 6.07) is 8.32. The summed E-state index contributed by atoms with van der Waals surface area (Å²) in [5.41, 5.74) is 2.35. The summed E-state index contributed by atoms with van der Waals surface area (Å²) in [7, 11) is 3.65. The lowest BCUT2D eigenvalue weighted by molar-refractivity contribution is -0.00805. The van der Waals surface area contributed by atoms with Crippen molar-refractivity contribution in [2.45, 2.75) is 19.4 Å². The maximum absolute atomic E-state index is 6.00. The zero-order chi connectivity index (χ0) is 21.6. The average Bonchev–Trinajstić information content (AvgIpc) is 3.46. The first-order chi connectivity index (χ1) is 15.2. The van der Waals surface area contributed by atoms with Crippen molar-refractivity contribution in [1.29, 1.82) is 0 Å². The van der Waals surface area contributed by atoms with Crippen LogP contribution in [0.15, 0.2) is 41.7 Å². The molecule has 4 rings (SSSR count). The molecular weight excluding hydrogens is 519 g/mol. The molecule has 2 aliphatic rings. The first kappa shape index (κ1) is 24.6. The van der Waals surface area contributed by atoms with Gasteiger partial charge in [0.05, 0.1) is 26.5 Å². The number of benzene rings is 1. The van der Waals surface area contributed by atoms with Gasteiger partial charge in [-0.15, -0.1) is 24.0 Å². The standard InChI is InChI=1S/C23H34N6O2.HI/c1-4-24-23(29-10-11-31-22(17-29)19-14-26-27(2)16-19)25-13-18-8-9-28(15-18)20-6-5-7-21(12-20)30-3;/h5-7,12,14,16,18,22H,4,8-11,13,15,17H2,1-3H3,(H,24,25);1H. The van der Waals surface area contributed by atoms with Crippen molar-refractivity contribution in [3.8, 4) is 5.75 Å². The molecule has 2 unspecified atom stereocenters. The van der Waals surface area contributed by atoms with Crippen LogP contribution in [-0.2, 0) is 11.8 Å². The molecule has 2 aromatic rings. The first-order valence-corrected chi connectivity index (χ1v) is 11.2. The molecule has 0 radical (unpaired) electrons. The number of hydrogen-bond donors (Lipinski definition) is 1. The predicted octanol–water partition coefficient (Wildman–Crippen LogP) is 2.91. The summed E-state index contributed by atoms with van der Waals surface area (Å²) in [4.78, 5) is 9.77. The Morgan fingerprint density at radius 1 is 1.31 bits per heavy atom.